The Morgan fingerprint density at radius 3 is 2.52 bits per heavy atom. The minimum absolute atomic E-state index is 0.0370. The summed E-state index contributed by atoms with van der Waals surface area (Å²) in [5.41, 5.74) is 5.09. The molecular weight excluding hydrogens is 370 g/mol. The first kappa shape index (κ1) is 18.4. The van der Waals surface area contributed by atoms with Crippen molar-refractivity contribution in [2.45, 2.75) is 19.1 Å². The second-order valence-electron chi connectivity index (χ2n) is 5.61. The van der Waals surface area contributed by atoms with Crippen LogP contribution in [0.15, 0.2) is 35.0 Å². The van der Waals surface area contributed by atoms with Crippen LogP contribution < -0.4 is 16.4 Å². The van der Waals surface area contributed by atoms with Gasteiger partial charge in [-0.3, -0.25) is 0 Å². The van der Waals surface area contributed by atoms with Gasteiger partial charge in [0.2, 0.25) is 5.95 Å². The van der Waals surface area contributed by atoms with Gasteiger partial charge in [-0.2, -0.15) is 13.2 Å². The van der Waals surface area contributed by atoms with Crippen LogP contribution in [0.2, 0.25) is 0 Å². The van der Waals surface area contributed by atoms with E-state index < -0.39 is 29.8 Å². The summed E-state index contributed by atoms with van der Waals surface area (Å²) >= 11 is 0. The topological polar surface area (TPSA) is 106 Å². The number of fused-ring (bicyclic) bond motifs is 1. The van der Waals surface area contributed by atoms with Gasteiger partial charge in [-0.05, 0) is 13.0 Å². The van der Waals surface area contributed by atoms with Gasteiger partial charge >= 0.3 is 12.2 Å². The number of furan rings is 1. The van der Waals surface area contributed by atoms with Crippen molar-refractivity contribution in [2.24, 2.45) is 0 Å². The highest BCUT2D eigenvalue weighted by Crippen LogP contribution is 2.39. The summed E-state index contributed by atoms with van der Waals surface area (Å²) in [6.45, 7) is 1.35. The number of carbonyl (C=O) groups excluding carboxylic acids is 1. The number of aryl methyl sites for hydroxylation is 1. The molecule has 2 aromatic heterocycles. The molecule has 3 aromatic rings. The number of halogens is 4. The molecule has 2 amide bonds. The molecule has 11 heteroatoms. The van der Waals surface area contributed by atoms with Crippen LogP contribution >= 0.6 is 0 Å². The molecule has 0 saturated heterocycles. The van der Waals surface area contributed by atoms with Gasteiger partial charge < -0.3 is 20.8 Å². The summed E-state index contributed by atoms with van der Waals surface area (Å²) in [5, 5.41) is 4.13. The van der Waals surface area contributed by atoms with E-state index in [1.165, 1.54) is 19.1 Å². The molecule has 0 unspecified atom stereocenters. The SMILES string of the molecule is Cc1c([C@H](NC(=O)Nc2cnc(N)nc2)C(F)(F)F)oc2c(F)cccc12. The van der Waals surface area contributed by atoms with Crippen molar-refractivity contribution in [1.29, 1.82) is 0 Å². The number of aromatic nitrogens is 2. The average Bonchev–Trinajstić information content (AvgIpc) is 2.92. The predicted molar refractivity (Wildman–Crippen MR) is 88.3 cm³/mol. The molecular formula is C16H13F4N5O2. The normalized spacial score (nSPS) is 12.8. The van der Waals surface area contributed by atoms with Gasteiger partial charge in [0.15, 0.2) is 17.4 Å². The van der Waals surface area contributed by atoms with Gasteiger partial charge in [0.1, 0.15) is 5.76 Å². The summed E-state index contributed by atoms with van der Waals surface area (Å²) in [5.74, 6) is -1.47. The zero-order chi connectivity index (χ0) is 19.8. The lowest BCUT2D eigenvalue weighted by atomic mass is 10.1. The second kappa shape index (κ2) is 6.74. The Hall–Kier alpha value is -3.37. The number of rotatable bonds is 3. The van der Waals surface area contributed by atoms with Crippen LogP contribution in [0.1, 0.15) is 17.4 Å². The van der Waals surface area contributed by atoms with Gasteiger partial charge in [-0.1, -0.05) is 12.1 Å². The van der Waals surface area contributed by atoms with Crippen LogP contribution in [0, 0.1) is 12.7 Å². The number of nitrogen functional groups attached to an aromatic ring is 1. The Balaban J connectivity index is 1.91. The number of anilines is 2. The van der Waals surface area contributed by atoms with E-state index in [0.717, 1.165) is 18.5 Å². The van der Waals surface area contributed by atoms with E-state index in [0.29, 0.717) is 0 Å². The van der Waals surface area contributed by atoms with Crippen LogP contribution in [0.4, 0.5) is 34.0 Å². The number of alkyl halides is 3. The molecule has 0 fully saturated rings. The van der Waals surface area contributed by atoms with Crippen LogP contribution in [-0.4, -0.2) is 22.2 Å². The zero-order valence-electron chi connectivity index (χ0n) is 13.8. The van der Waals surface area contributed by atoms with Gasteiger partial charge in [0.25, 0.3) is 0 Å². The van der Waals surface area contributed by atoms with Crippen LogP contribution in [-0.2, 0) is 0 Å². The molecule has 1 atom stereocenters. The molecule has 0 aliphatic heterocycles. The maximum Gasteiger partial charge on any atom is 0.416 e. The standard InChI is InChI=1S/C16H13F4N5O2/c1-7-9-3-2-4-10(17)12(9)27-11(7)13(16(18,19)20)25-15(26)24-8-5-22-14(21)23-6-8/h2-6,13H,1H3,(H2,21,22,23)(H2,24,25,26)/t13-/m0/s1. The molecule has 2 heterocycles. The summed E-state index contributed by atoms with van der Waals surface area (Å²) in [7, 11) is 0. The monoisotopic (exact) mass is 383 g/mol. The lowest BCUT2D eigenvalue weighted by Crippen LogP contribution is -2.40. The third-order valence-corrected chi connectivity index (χ3v) is 3.75. The van der Waals surface area contributed by atoms with E-state index in [4.69, 9.17) is 10.2 Å². The summed E-state index contributed by atoms with van der Waals surface area (Å²) in [4.78, 5) is 19.2. The van der Waals surface area contributed by atoms with E-state index in [1.54, 1.807) is 5.32 Å². The highest BCUT2D eigenvalue weighted by Gasteiger charge is 2.45. The minimum atomic E-state index is -4.88. The fraction of sp³-hybridized carbons (Fsp3) is 0.188. The molecule has 1 aromatic carbocycles. The Labute approximate surface area is 149 Å². The van der Waals surface area contributed by atoms with Gasteiger partial charge in [-0.15, -0.1) is 0 Å². The first-order valence-corrected chi connectivity index (χ1v) is 7.56. The first-order valence-electron chi connectivity index (χ1n) is 7.56. The van der Waals surface area contributed by atoms with E-state index in [-0.39, 0.29) is 28.2 Å². The Kier molecular flexibility index (Phi) is 4.60. The van der Waals surface area contributed by atoms with Crippen molar-refractivity contribution >= 4 is 28.6 Å². The number of urea groups is 1. The molecule has 142 valence electrons. The number of nitrogens with zero attached hydrogens (tertiary/aromatic N) is 2. The van der Waals surface area contributed by atoms with Crippen LogP contribution in [0.5, 0.6) is 0 Å². The second-order valence-corrected chi connectivity index (χ2v) is 5.61. The number of para-hydroxylation sites is 1. The van der Waals surface area contributed by atoms with E-state index in [9.17, 15) is 22.4 Å². The van der Waals surface area contributed by atoms with Gasteiger partial charge in [-0.25, -0.2) is 19.2 Å². The smallest absolute Gasteiger partial charge is 0.416 e. The Morgan fingerprint density at radius 1 is 1.26 bits per heavy atom. The van der Waals surface area contributed by atoms with Crippen molar-refractivity contribution in [1.82, 2.24) is 15.3 Å². The van der Waals surface area contributed by atoms with Gasteiger partial charge in [0, 0.05) is 10.9 Å². The highest BCUT2D eigenvalue weighted by molar-refractivity contribution is 5.89. The van der Waals surface area contributed by atoms with Gasteiger partial charge in [0.05, 0.1) is 18.1 Å². The molecule has 0 saturated carbocycles. The molecule has 27 heavy (non-hydrogen) atoms. The van der Waals surface area contributed by atoms with Crippen molar-refractivity contribution in [3.05, 3.63) is 47.7 Å². The van der Waals surface area contributed by atoms with Crippen molar-refractivity contribution < 1.29 is 26.8 Å². The van der Waals surface area contributed by atoms with Crippen molar-refractivity contribution in [2.75, 3.05) is 11.1 Å². The fourth-order valence-corrected chi connectivity index (χ4v) is 2.50. The quantitative estimate of drug-likeness (QED) is 0.599. The third-order valence-electron chi connectivity index (χ3n) is 3.75. The molecule has 0 spiro atoms. The highest BCUT2D eigenvalue weighted by atomic mass is 19.4. The lowest BCUT2D eigenvalue weighted by molar-refractivity contribution is -0.158. The number of nitrogens with one attached hydrogen (secondary N) is 2. The Morgan fingerprint density at radius 2 is 1.93 bits per heavy atom. The molecule has 4 N–H and O–H groups in total. The van der Waals surface area contributed by atoms with E-state index in [1.807, 2.05) is 0 Å². The van der Waals surface area contributed by atoms with Crippen LogP contribution in [0.3, 0.4) is 0 Å². The van der Waals surface area contributed by atoms with E-state index in [2.05, 4.69) is 15.3 Å². The van der Waals surface area contributed by atoms with Crippen molar-refractivity contribution in [3.8, 4) is 0 Å². The number of nitrogens with two attached hydrogens (primary N) is 1. The maximum atomic E-state index is 13.8. The number of amides is 2. The third kappa shape index (κ3) is 3.76. The lowest BCUT2D eigenvalue weighted by Gasteiger charge is -2.20. The average molecular weight is 383 g/mol. The Bertz CT molecular complexity index is 985. The first-order chi connectivity index (χ1) is 12.7. The fourth-order valence-electron chi connectivity index (χ4n) is 2.50. The molecule has 3 rings (SSSR count). The summed E-state index contributed by atoms with van der Waals surface area (Å²) in [6, 6.07) is 0.192. The number of hydrogen-bond donors (Lipinski definition) is 3. The molecule has 0 aliphatic rings. The molecule has 7 nitrogen and oxygen atoms in total. The number of hydrogen-bond acceptors (Lipinski definition) is 5. The molecule has 0 aliphatic carbocycles. The zero-order valence-corrected chi connectivity index (χ0v) is 13.8. The summed E-state index contributed by atoms with van der Waals surface area (Å²) in [6.07, 6.45) is -2.62. The predicted octanol–water partition coefficient (Wildman–Crippen LogP) is 3.68. The number of benzene rings is 1. The maximum absolute atomic E-state index is 13.8. The van der Waals surface area contributed by atoms with Crippen LogP contribution in [0.25, 0.3) is 11.0 Å². The number of carbonyl (C=O) groups is 1. The molecule has 0 bridgehead atoms. The molecule has 0 radical (unpaired) electrons. The largest absolute Gasteiger partial charge is 0.455 e. The minimum Gasteiger partial charge on any atom is -0.455 e. The van der Waals surface area contributed by atoms with Crippen molar-refractivity contribution in [3.63, 3.8) is 0 Å². The summed E-state index contributed by atoms with van der Waals surface area (Å²) < 4.78 is 59.5. The van der Waals surface area contributed by atoms with E-state index >= 15 is 0 Å².